The lowest BCUT2D eigenvalue weighted by Crippen LogP contribution is -2.06. The zero-order valence-electron chi connectivity index (χ0n) is 15.0. The lowest BCUT2D eigenvalue weighted by molar-refractivity contribution is -0.385. The van der Waals surface area contributed by atoms with Crippen molar-refractivity contribution in [3.8, 4) is 5.75 Å². The minimum absolute atomic E-state index is 0.0656. The van der Waals surface area contributed by atoms with Crippen LogP contribution in [0.3, 0.4) is 0 Å². The van der Waals surface area contributed by atoms with Gasteiger partial charge in [0.1, 0.15) is 17.1 Å². The number of nitrogens with zero attached hydrogens (tertiary/aromatic N) is 2. The molecule has 0 atom stereocenters. The molecule has 1 aliphatic rings. The number of nitro benzene ring substituents is 1. The number of aliphatic imine (C=N–C) groups is 1. The first kappa shape index (κ1) is 18.8. The summed E-state index contributed by atoms with van der Waals surface area (Å²) in [6, 6.07) is 5.46. The SMILES string of the molecule is COC(=O)c1cc(/C=C2\N=C(c3ccc(OC)c([N+](=O)[O-])c3)OC2=O)oc1C. The summed E-state index contributed by atoms with van der Waals surface area (Å²) in [6.07, 6.45) is 1.30. The average molecular weight is 386 g/mol. The highest BCUT2D eigenvalue weighted by atomic mass is 16.6. The number of furan rings is 1. The van der Waals surface area contributed by atoms with Crippen molar-refractivity contribution in [2.45, 2.75) is 6.92 Å². The number of ether oxygens (including phenoxy) is 3. The molecule has 3 rings (SSSR count). The van der Waals surface area contributed by atoms with Crippen LogP contribution in [0, 0.1) is 17.0 Å². The largest absolute Gasteiger partial charge is 0.490 e. The van der Waals surface area contributed by atoms with Crippen LogP contribution in [0.4, 0.5) is 5.69 Å². The van der Waals surface area contributed by atoms with Gasteiger partial charge in [0.05, 0.1) is 19.1 Å². The number of hydrogen-bond donors (Lipinski definition) is 0. The van der Waals surface area contributed by atoms with Gasteiger partial charge in [0.25, 0.3) is 0 Å². The van der Waals surface area contributed by atoms with E-state index in [-0.39, 0.29) is 39.9 Å². The van der Waals surface area contributed by atoms with Crippen LogP contribution in [-0.2, 0) is 14.3 Å². The van der Waals surface area contributed by atoms with E-state index in [1.165, 1.54) is 44.6 Å². The molecule has 0 saturated heterocycles. The van der Waals surface area contributed by atoms with E-state index in [2.05, 4.69) is 9.73 Å². The molecule has 2 heterocycles. The van der Waals surface area contributed by atoms with Crippen molar-refractivity contribution in [2.75, 3.05) is 14.2 Å². The Morgan fingerprint density at radius 1 is 1.29 bits per heavy atom. The first-order valence-electron chi connectivity index (χ1n) is 7.88. The highest BCUT2D eigenvalue weighted by Gasteiger charge is 2.27. The molecule has 0 amide bonds. The second-order valence-electron chi connectivity index (χ2n) is 5.59. The van der Waals surface area contributed by atoms with Gasteiger partial charge in [-0.2, -0.15) is 0 Å². The Labute approximate surface area is 158 Å². The molecule has 1 aromatic heterocycles. The maximum atomic E-state index is 12.1. The molecular weight excluding hydrogens is 372 g/mol. The number of carbonyl (C=O) groups is 2. The van der Waals surface area contributed by atoms with Crippen LogP contribution in [-0.4, -0.2) is 37.0 Å². The molecule has 0 spiro atoms. The Morgan fingerprint density at radius 3 is 2.68 bits per heavy atom. The van der Waals surface area contributed by atoms with Gasteiger partial charge in [0.15, 0.2) is 11.4 Å². The highest BCUT2D eigenvalue weighted by molar-refractivity contribution is 6.13. The van der Waals surface area contributed by atoms with Crippen LogP contribution in [0.1, 0.15) is 27.4 Å². The number of esters is 2. The van der Waals surface area contributed by atoms with Crippen molar-refractivity contribution in [1.29, 1.82) is 0 Å². The monoisotopic (exact) mass is 386 g/mol. The number of aryl methyl sites for hydroxylation is 1. The van der Waals surface area contributed by atoms with Gasteiger partial charge < -0.3 is 18.6 Å². The summed E-state index contributed by atoms with van der Waals surface area (Å²) in [7, 11) is 2.55. The third kappa shape index (κ3) is 3.47. The molecule has 1 aromatic carbocycles. The molecular formula is C18H14N2O8. The summed E-state index contributed by atoms with van der Waals surface area (Å²) < 4.78 is 20.1. The number of nitro groups is 1. The molecule has 144 valence electrons. The topological polar surface area (TPSA) is 130 Å². The van der Waals surface area contributed by atoms with E-state index < -0.39 is 16.9 Å². The minimum Gasteiger partial charge on any atom is -0.490 e. The van der Waals surface area contributed by atoms with Gasteiger partial charge in [-0.25, -0.2) is 14.6 Å². The number of rotatable bonds is 5. The number of cyclic esters (lactones) is 1. The Balaban J connectivity index is 1.95. The first-order chi connectivity index (χ1) is 13.3. The second kappa shape index (κ2) is 7.35. The van der Waals surface area contributed by atoms with Gasteiger partial charge in [0, 0.05) is 17.7 Å². The summed E-state index contributed by atoms with van der Waals surface area (Å²) >= 11 is 0. The maximum absolute atomic E-state index is 12.1. The van der Waals surface area contributed by atoms with E-state index in [0.29, 0.717) is 5.76 Å². The van der Waals surface area contributed by atoms with E-state index in [0.717, 1.165) is 0 Å². The average Bonchev–Trinajstić information content (AvgIpc) is 3.23. The Bertz CT molecular complexity index is 1050. The van der Waals surface area contributed by atoms with Gasteiger partial charge in [-0.05, 0) is 25.1 Å². The van der Waals surface area contributed by atoms with Crippen molar-refractivity contribution in [1.82, 2.24) is 0 Å². The van der Waals surface area contributed by atoms with Crippen LogP contribution < -0.4 is 4.74 Å². The molecule has 0 N–H and O–H groups in total. The third-order valence-electron chi connectivity index (χ3n) is 3.86. The number of carbonyl (C=O) groups excluding carboxylic acids is 2. The van der Waals surface area contributed by atoms with Crippen molar-refractivity contribution in [3.05, 3.63) is 62.7 Å². The fourth-order valence-corrected chi connectivity index (χ4v) is 2.52. The molecule has 2 aromatic rings. The first-order valence-corrected chi connectivity index (χ1v) is 7.88. The molecule has 0 radical (unpaired) electrons. The maximum Gasteiger partial charge on any atom is 0.363 e. The normalized spacial score (nSPS) is 14.6. The van der Waals surface area contributed by atoms with Gasteiger partial charge >= 0.3 is 17.6 Å². The van der Waals surface area contributed by atoms with E-state index in [9.17, 15) is 19.7 Å². The zero-order valence-corrected chi connectivity index (χ0v) is 15.0. The van der Waals surface area contributed by atoms with Gasteiger partial charge in [-0.1, -0.05) is 0 Å². The summed E-state index contributed by atoms with van der Waals surface area (Å²) in [5.74, 6) is -0.846. The van der Waals surface area contributed by atoms with Crippen LogP contribution in [0.25, 0.3) is 6.08 Å². The number of methoxy groups -OCH3 is 2. The minimum atomic E-state index is -0.762. The molecule has 10 heteroatoms. The number of hydrogen-bond acceptors (Lipinski definition) is 9. The van der Waals surface area contributed by atoms with Crippen LogP contribution in [0.2, 0.25) is 0 Å². The lowest BCUT2D eigenvalue weighted by atomic mass is 10.2. The van der Waals surface area contributed by atoms with Crippen LogP contribution in [0.15, 0.2) is 39.4 Å². The fraction of sp³-hybridized carbons (Fsp3) is 0.167. The van der Waals surface area contributed by atoms with Gasteiger partial charge in [-0.15, -0.1) is 0 Å². The third-order valence-corrected chi connectivity index (χ3v) is 3.86. The second-order valence-corrected chi connectivity index (χ2v) is 5.59. The van der Waals surface area contributed by atoms with Crippen LogP contribution in [0.5, 0.6) is 5.75 Å². The molecule has 0 bridgehead atoms. The van der Waals surface area contributed by atoms with E-state index >= 15 is 0 Å². The predicted molar refractivity (Wildman–Crippen MR) is 95.0 cm³/mol. The summed E-state index contributed by atoms with van der Waals surface area (Å²) in [6.45, 7) is 1.58. The molecule has 10 nitrogen and oxygen atoms in total. The van der Waals surface area contributed by atoms with Crippen molar-refractivity contribution in [2.24, 2.45) is 4.99 Å². The molecule has 28 heavy (non-hydrogen) atoms. The molecule has 0 saturated carbocycles. The zero-order chi connectivity index (χ0) is 20.4. The van der Waals surface area contributed by atoms with Crippen molar-refractivity contribution >= 4 is 29.6 Å². The van der Waals surface area contributed by atoms with Crippen molar-refractivity contribution < 1.29 is 33.1 Å². The summed E-state index contributed by atoms with van der Waals surface area (Å²) in [5, 5.41) is 11.1. The fourth-order valence-electron chi connectivity index (χ4n) is 2.52. The Morgan fingerprint density at radius 2 is 2.04 bits per heavy atom. The number of benzene rings is 1. The standard InChI is InChI=1S/C18H14N2O8/c1-9-12(17(21)26-3)7-11(27-9)8-13-18(22)28-16(19-13)10-4-5-15(25-2)14(6-10)20(23)24/h4-8H,1-3H3/b13-8-. The predicted octanol–water partition coefficient (Wildman–Crippen LogP) is 2.64. The Kier molecular flexibility index (Phi) is 4.94. The summed E-state index contributed by atoms with van der Waals surface area (Å²) in [5.41, 5.74) is 0.0741. The molecule has 1 aliphatic heterocycles. The van der Waals surface area contributed by atoms with Gasteiger partial charge in [0.2, 0.25) is 5.90 Å². The Hall–Kier alpha value is -3.95. The van der Waals surface area contributed by atoms with E-state index in [1.807, 2.05) is 0 Å². The quantitative estimate of drug-likeness (QED) is 0.332. The molecule has 0 aliphatic carbocycles. The summed E-state index contributed by atoms with van der Waals surface area (Å²) in [4.78, 5) is 38.3. The van der Waals surface area contributed by atoms with Crippen molar-refractivity contribution in [3.63, 3.8) is 0 Å². The van der Waals surface area contributed by atoms with Crippen LogP contribution >= 0.6 is 0 Å². The molecule has 0 fully saturated rings. The van der Waals surface area contributed by atoms with E-state index in [1.54, 1.807) is 6.92 Å². The highest BCUT2D eigenvalue weighted by Crippen LogP contribution is 2.29. The van der Waals surface area contributed by atoms with E-state index in [4.69, 9.17) is 13.9 Å². The molecule has 0 unspecified atom stereocenters. The lowest BCUT2D eigenvalue weighted by Gasteiger charge is -2.03. The smallest absolute Gasteiger partial charge is 0.363 e. The van der Waals surface area contributed by atoms with Gasteiger partial charge in [-0.3, -0.25) is 10.1 Å².